The summed E-state index contributed by atoms with van der Waals surface area (Å²) in [6, 6.07) is 0. The van der Waals surface area contributed by atoms with Gasteiger partial charge in [-0.1, -0.05) is 6.92 Å². The number of halogens is 3. The summed E-state index contributed by atoms with van der Waals surface area (Å²) >= 11 is 0. The van der Waals surface area contributed by atoms with Crippen molar-refractivity contribution >= 4 is 17.7 Å². The van der Waals surface area contributed by atoms with Gasteiger partial charge in [0, 0.05) is 6.16 Å². The van der Waals surface area contributed by atoms with Crippen LogP contribution in [0.4, 0.5) is 13.2 Å². The normalized spacial score (nSPS) is 15.9. The fraction of sp³-hybridized carbons (Fsp3) is 1.00. The molecule has 100 valence electrons. The minimum Gasteiger partial charge on any atom is -0.324 e. The summed E-state index contributed by atoms with van der Waals surface area (Å²) in [4.78, 5) is 8.66. The molecule has 0 spiro atoms. The fourth-order valence-corrected chi connectivity index (χ4v) is 0.879. The van der Waals surface area contributed by atoms with Crippen LogP contribution in [0.1, 0.15) is 13.8 Å². The number of rotatable bonds is 3. The Kier molecular flexibility index (Phi) is 7.46. The summed E-state index contributed by atoms with van der Waals surface area (Å²) in [6.07, 6.45) is 0.195. The third kappa shape index (κ3) is 9.10. The van der Waals surface area contributed by atoms with E-state index in [1.807, 2.05) is 0 Å². The van der Waals surface area contributed by atoms with Crippen LogP contribution in [0, 0.1) is 0 Å². The second kappa shape index (κ2) is 6.55. The molecule has 1 unspecified atom stereocenters. The molecule has 0 saturated heterocycles. The Hall–Kier alpha value is -0.150. The fourth-order valence-electron chi connectivity index (χ4n) is 0.293. The molecule has 0 bridgehead atoms. The predicted octanol–water partition coefficient (Wildman–Crippen LogP) is 1.62. The molecule has 0 heterocycles. The van der Waals surface area contributed by atoms with E-state index in [9.17, 15) is 17.7 Å². The van der Waals surface area contributed by atoms with E-state index >= 15 is 0 Å². The summed E-state index contributed by atoms with van der Waals surface area (Å²) in [5.74, 6) is 0. The molecule has 0 aromatic heterocycles. The Labute approximate surface area is 90.7 Å². The van der Waals surface area contributed by atoms with E-state index in [0.29, 0.717) is 6.61 Å². The zero-order valence-corrected chi connectivity index (χ0v) is 10.1. The first-order valence-corrected chi connectivity index (χ1v) is 7.07. The Bertz CT molecular complexity index is 337. The van der Waals surface area contributed by atoms with Gasteiger partial charge in [-0.3, -0.25) is 9.12 Å². The molecule has 0 aromatic carbocycles. The average molecular weight is 288 g/mol. The lowest BCUT2D eigenvalue weighted by Gasteiger charge is -2.05. The standard InChI is InChI=1S/C4H11O3P.CHF3O3S/c1-3-7-8(5,6)4-2;2-1(3,4)8(5,6)7/h3-4H2,1-2H3,(H,5,6);(H,5,6,7). The van der Waals surface area contributed by atoms with Crippen molar-refractivity contribution in [1.82, 2.24) is 0 Å². The van der Waals surface area contributed by atoms with E-state index in [1.54, 1.807) is 13.8 Å². The molecule has 16 heavy (non-hydrogen) atoms. The number of hydrogen-bond acceptors (Lipinski definition) is 4. The smallest absolute Gasteiger partial charge is 0.324 e. The van der Waals surface area contributed by atoms with Crippen molar-refractivity contribution < 1.29 is 40.1 Å². The highest BCUT2D eigenvalue weighted by Crippen LogP contribution is 2.40. The molecule has 0 aliphatic rings. The second-order valence-corrected chi connectivity index (χ2v) is 5.87. The van der Waals surface area contributed by atoms with Crippen molar-refractivity contribution in [1.29, 1.82) is 0 Å². The van der Waals surface area contributed by atoms with Crippen LogP contribution in [0.15, 0.2) is 0 Å². The number of hydrogen-bond donors (Lipinski definition) is 2. The molecule has 11 heteroatoms. The second-order valence-electron chi connectivity index (χ2n) is 2.29. The topological polar surface area (TPSA) is 101 Å². The van der Waals surface area contributed by atoms with Gasteiger partial charge in [0.1, 0.15) is 0 Å². The van der Waals surface area contributed by atoms with Crippen molar-refractivity contribution in [2.24, 2.45) is 0 Å². The highest BCUT2D eigenvalue weighted by Gasteiger charge is 2.44. The van der Waals surface area contributed by atoms with Gasteiger partial charge in [0.25, 0.3) is 0 Å². The molecule has 0 aromatic rings. The largest absolute Gasteiger partial charge is 0.522 e. The minimum atomic E-state index is -5.84. The molecule has 0 saturated carbocycles. The lowest BCUT2D eigenvalue weighted by molar-refractivity contribution is -0.0510. The first-order valence-electron chi connectivity index (χ1n) is 3.87. The molecular formula is C5H12F3O6PS. The van der Waals surface area contributed by atoms with E-state index in [1.165, 1.54) is 0 Å². The SMILES string of the molecule is CCOP(=O)(O)CC.O=S(=O)(O)C(F)(F)F. The van der Waals surface area contributed by atoms with Crippen LogP contribution in [0.2, 0.25) is 0 Å². The maximum Gasteiger partial charge on any atom is 0.522 e. The molecule has 0 aliphatic heterocycles. The van der Waals surface area contributed by atoms with E-state index in [2.05, 4.69) is 4.52 Å². The van der Waals surface area contributed by atoms with Gasteiger partial charge < -0.3 is 9.42 Å². The quantitative estimate of drug-likeness (QED) is 0.465. The van der Waals surface area contributed by atoms with Crippen LogP contribution in [0.3, 0.4) is 0 Å². The highest BCUT2D eigenvalue weighted by atomic mass is 32.2. The van der Waals surface area contributed by atoms with Crippen molar-refractivity contribution in [2.75, 3.05) is 12.8 Å². The van der Waals surface area contributed by atoms with Crippen LogP contribution in [0.25, 0.3) is 0 Å². The van der Waals surface area contributed by atoms with E-state index in [4.69, 9.17) is 17.9 Å². The molecule has 0 amide bonds. The Morgan fingerprint density at radius 2 is 1.62 bits per heavy atom. The van der Waals surface area contributed by atoms with Gasteiger partial charge in [-0.2, -0.15) is 21.6 Å². The molecule has 0 aliphatic carbocycles. The van der Waals surface area contributed by atoms with Crippen LogP contribution in [0.5, 0.6) is 0 Å². The number of alkyl halides is 3. The van der Waals surface area contributed by atoms with Gasteiger partial charge in [0.05, 0.1) is 6.61 Å². The van der Waals surface area contributed by atoms with E-state index in [-0.39, 0.29) is 6.16 Å². The van der Waals surface area contributed by atoms with Crippen molar-refractivity contribution in [2.45, 2.75) is 19.4 Å². The van der Waals surface area contributed by atoms with Crippen molar-refractivity contribution in [3.05, 3.63) is 0 Å². The molecule has 2 N–H and O–H groups in total. The van der Waals surface area contributed by atoms with E-state index < -0.39 is 23.2 Å². The first-order chi connectivity index (χ1) is 6.87. The summed E-state index contributed by atoms with van der Waals surface area (Å²) < 4.78 is 72.5. The maximum absolute atomic E-state index is 10.7. The minimum absolute atomic E-state index is 0.195. The van der Waals surface area contributed by atoms with Gasteiger partial charge in [-0.15, -0.1) is 0 Å². The Morgan fingerprint density at radius 1 is 1.31 bits per heavy atom. The molecule has 0 fully saturated rings. The van der Waals surface area contributed by atoms with Gasteiger partial charge in [0.2, 0.25) is 0 Å². The maximum atomic E-state index is 10.7. The average Bonchev–Trinajstić information content (AvgIpc) is 2.01. The van der Waals surface area contributed by atoms with Gasteiger partial charge in [-0.05, 0) is 6.92 Å². The molecule has 1 atom stereocenters. The van der Waals surface area contributed by atoms with Crippen LogP contribution in [-0.2, 0) is 19.2 Å². The highest BCUT2D eigenvalue weighted by molar-refractivity contribution is 7.86. The van der Waals surface area contributed by atoms with Crippen molar-refractivity contribution in [3.63, 3.8) is 0 Å². The zero-order chi connectivity index (χ0) is 13.6. The molecule has 6 nitrogen and oxygen atoms in total. The third-order valence-electron chi connectivity index (χ3n) is 1.02. The van der Waals surface area contributed by atoms with Crippen LogP contribution >= 0.6 is 7.60 Å². The molecular weight excluding hydrogens is 276 g/mol. The van der Waals surface area contributed by atoms with E-state index in [0.717, 1.165) is 0 Å². The monoisotopic (exact) mass is 288 g/mol. The Morgan fingerprint density at radius 3 is 1.69 bits per heavy atom. The summed E-state index contributed by atoms with van der Waals surface area (Å²) in [5.41, 5.74) is -5.53. The first kappa shape index (κ1) is 18.2. The lowest BCUT2D eigenvalue weighted by atomic mass is 10.9. The van der Waals surface area contributed by atoms with Gasteiger partial charge in [-0.25, -0.2) is 0 Å². The van der Waals surface area contributed by atoms with Crippen LogP contribution in [-0.4, -0.2) is 36.1 Å². The summed E-state index contributed by atoms with van der Waals surface area (Å²) in [7, 11) is -9.01. The predicted molar refractivity (Wildman–Crippen MR) is 49.6 cm³/mol. The molecule has 0 rings (SSSR count). The Balaban J connectivity index is 0. The zero-order valence-electron chi connectivity index (χ0n) is 8.43. The van der Waals surface area contributed by atoms with Gasteiger partial charge >= 0.3 is 23.2 Å². The van der Waals surface area contributed by atoms with Crippen LogP contribution < -0.4 is 0 Å². The third-order valence-corrected chi connectivity index (χ3v) is 3.07. The van der Waals surface area contributed by atoms with Crippen molar-refractivity contribution in [3.8, 4) is 0 Å². The van der Waals surface area contributed by atoms with Gasteiger partial charge in [0.15, 0.2) is 0 Å². The lowest BCUT2D eigenvalue weighted by Crippen LogP contribution is -2.21. The molecule has 0 radical (unpaired) electrons. The summed E-state index contributed by atoms with van der Waals surface area (Å²) in [6.45, 7) is 3.62. The summed E-state index contributed by atoms with van der Waals surface area (Å²) in [5, 5.41) is 0.